The van der Waals surface area contributed by atoms with E-state index in [1.807, 2.05) is 0 Å². The molecule has 0 saturated heterocycles. The van der Waals surface area contributed by atoms with Gasteiger partial charge >= 0.3 is 17.9 Å². The maximum atomic E-state index is 12.5. The lowest BCUT2D eigenvalue weighted by Gasteiger charge is -2.15. The molecule has 0 radical (unpaired) electrons. The lowest BCUT2D eigenvalue weighted by molar-refractivity contribution is -0.147. The summed E-state index contributed by atoms with van der Waals surface area (Å²) in [5.41, 5.74) is 12.9. The molecule has 2 aromatic rings. The van der Waals surface area contributed by atoms with E-state index in [0.29, 0.717) is 17.0 Å². The van der Waals surface area contributed by atoms with Crippen LogP contribution in [0.4, 0.5) is 5.69 Å². The molecule has 0 fully saturated rings. The Kier molecular flexibility index (Phi) is 7.54. The number of rotatable bonds is 9. The fourth-order valence-corrected chi connectivity index (χ4v) is 3.71. The van der Waals surface area contributed by atoms with Crippen LogP contribution < -0.4 is 26.3 Å². The molecule has 0 aromatic heterocycles. The second-order valence-electron chi connectivity index (χ2n) is 7.89. The number of carbonyl (C=O) groups excluding carboxylic acids is 2. The molecule has 1 aliphatic rings. The number of benzene rings is 2. The molecule has 1 heterocycles. The molecule has 1 unspecified atom stereocenters. The van der Waals surface area contributed by atoms with Gasteiger partial charge in [-0.3, -0.25) is 9.59 Å². The summed E-state index contributed by atoms with van der Waals surface area (Å²) in [6.07, 6.45) is -0.831. The van der Waals surface area contributed by atoms with Crippen molar-refractivity contribution < 1.29 is 38.9 Å². The number of esters is 1. The van der Waals surface area contributed by atoms with Crippen molar-refractivity contribution in [3.63, 3.8) is 0 Å². The number of guanidine groups is 1. The Bertz CT molecular complexity index is 1190. The van der Waals surface area contributed by atoms with Crippen LogP contribution in [-0.2, 0) is 14.4 Å². The minimum absolute atomic E-state index is 0.0987. The van der Waals surface area contributed by atoms with Crippen molar-refractivity contribution in [1.29, 1.82) is 0 Å². The van der Waals surface area contributed by atoms with Crippen molar-refractivity contribution in [2.45, 2.75) is 31.7 Å². The zero-order valence-corrected chi connectivity index (χ0v) is 18.7. The standard InChI is InChI=1S/C23H24N4O8/c1-11-6-15(35-22(33)12-2-4-14(5-3-12)26-23(24)25)8-17-20(11)13(10-34-17)7-18(28)27-16(21(31)32)9-19(29)30/h2-6,8,13,16H,7,9-10H2,1H3,(H,27,28)(H,29,30)(H,31,32)(H4,24,25,26)/t13?,16-/m0/s1. The van der Waals surface area contributed by atoms with E-state index in [-0.39, 0.29) is 36.2 Å². The molecule has 1 amide bonds. The maximum absolute atomic E-state index is 12.5. The number of carboxylic acid groups (broad SMARTS) is 2. The van der Waals surface area contributed by atoms with Gasteiger partial charge in [-0.1, -0.05) is 0 Å². The van der Waals surface area contributed by atoms with Gasteiger partial charge in [0.25, 0.3) is 0 Å². The molecular formula is C23H24N4O8. The molecule has 0 aliphatic carbocycles. The number of carbonyl (C=O) groups is 4. The molecule has 2 aromatic carbocycles. The van der Waals surface area contributed by atoms with Gasteiger partial charge in [0.2, 0.25) is 5.91 Å². The van der Waals surface area contributed by atoms with Gasteiger partial charge in [0.15, 0.2) is 5.96 Å². The highest BCUT2D eigenvalue weighted by Crippen LogP contribution is 2.41. The molecular weight excluding hydrogens is 460 g/mol. The van der Waals surface area contributed by atoms with Crippen molar-refractivity contribution in [3.05, 3.63) is 53.1 Å². The number of nitrogens with two attached hydrogens (primary N) is 2. The number of hydrogen-bond donors (Lipinski definition) is 5. The number of aryl methyl sites for hydroxylation is 1. The third-order valence-corrected chi connectivity index (χ3v) is 5.19. The zero-order valence-electron chi connectivity index (χ0n) is 18.7. The first-order valence-electron chi connectivity index (χ1n) is 10.5. The molecule has 3 rings (SSSR count). The number of nitrogens with one attached hydrogen (secondary N) is 1. The van der Waals surface area contributed by atoms with Crippen LogP contribution in [0.25, 0.3) is 0 Å². The fraction of sp³-hybridized carbons (Fsp3) is 0.261. The Morgan fingerprint density at radius 1 is 1.17 bits per heavy atom. The molecule has 0 spiro atoms. The quantitative estimate of drug-likeness (QED) is 0.148. The SMILES string of the molecule is Cc1cc(OC(=O)c2ccc(N=C(N)N)cc2)cc2c1C(CC(=O)N[C@@H](CC(=O)O)C(=O)O)CO2. The van der Waals surface area contributed by atoms with E-state index in [0.717, 1.165) is 5.56 Å². The van der Waals surface area contributed by atoms with Crippen LogP contribution in [0.3, 0.4) is 0 Å². The van der Waals surface area contributed by atoms with E-state index in [2.05, 4.69) is 10.3 Å². The van der Waals surface area contributed by atoms with Crippen LogP contribution in [-0.4, -0.2) is 52.6 Å². The molecule has 12 heteroatoms. The second kappa shape index (κ2) is 10.5. The van der Waals surface area contributed by atoms with Crippen LogP contribution in [0.1, 0.15) is 40.2 Å². The van der Waals surface area contributed by atoms with Gasteiger partial charge < -0.3 is 36.5 Å². The van der Waals surface area contributed by atoms with Gasteiger partial charge in [-0.25, -0.2) is 14.6 Å². The minimum atomic E-state index is -1.53. The van der Waals surface area contributed by atoms with E-state index >= 15 is 0 Å². The number of aliphatic carboxylic acids is 2. The normalized spacial score (nSPS) is 14.7. The number of carboxylic acids is 2. The van der Waals surface area contributed by atoms with Crippen molar-refractivity contribution in [1.82, 2.24) is 5.32 Å². The van der Waals surface area contributed by atoms with Crippen LogP contribution in [0.2, 0.25) is 0 Å². The lowest BCUT2D eigenvalue weighted by atomic mass is 9.93. The van der Waals surface area contributed by atoms with Crippen molar-refractivity contribution in [2.24, 2.45) is 16.5 Å². The Labute approximate surface area is 199 Å². The van der Waals surface area contributed by atoms with Gasteiger partial charge in [-0.15, -0.1) is 0 Å². The Morgan fingerprint density at radius 3 is 2.46 bits per heavy atom. The zero-order chi connectivity index (χ0) is 25.7. The molecule has 1 aliphatic heterocycles. The maximum Gasteiger partial charge on any atom is 0.343 e. The number of hydrogen-bond acceptors (Lipinski definition) is 7. The van der Waals surface area contributed by atoms with Gasteiger partial charge in [-0.05, 0) is 42.8 Å². The molecule has 12 nitrogen and oxygen atoms in total. The van der Waals surface area contributed by atoms with Crippen LogP contribution in [0, 0.1) is 6.92 Å². The summed E-state index contributed by atoms with van der Waals surface area (Å²) in [6, 6.07) is 7.81. The predicted molar refractivity (Wildman–Crippen MR) is 123 cm³/mol. The van der Waals surface area contributed by atoms with Gasteiger partial charge in [0.05, 0.1) is 24.3 Å². The topological polar surface area (TPSA) is 204 Å². The van der Waals surface area contributed by atoms with Crippen LogP contribution in [0.5, 0.6) is 11.5 Å². The first-order valence-corrected chi connectivity index (χ1v) is 10.5. The highest BCUT2D eigenvalue weighted by molar-refractivity contribution is 5.92. The third-order valence-electron chi connectivity index (χ3n) is 5.19. The van der Waals surface area contributed by atoms with E-state index < -0.39 is 36.3 Å². The highest BCUT2D eigenvalue weighted by Gasteiger charge is 2.31. The summed E-state index contributed by atoms with van der Waals surface area (Å²) >= 11 is 0. The molecule has 0 saturated carbocycles. The fourth-order valence-electron chi connectivity index (χ4n) is 3.71. The van der Waals surface area contributed by atoms with Crippen molar-refractivity contribution in [3.8, 4) is 11.5 Å². The number of nitrogens with zero attached hydrogens (tertiary/aromatic N) is 1. The summed E-state index contributed by atoms with van der Waals surface area (Å²) in [7, 11) is 0. The summed E-state index contributed by atoms with van der Waals surface area (Å²) < 4.78 is 11.1. The average Bonchev–Trinajstić information content (AvgIpc) is 3.15. The number of fused-ring (bicyclic) bond motifs is 1. The summed E-state index contributed by atoms with van der Waals surface area (Å²) in [5.74, 6) is -3.78. The van der Waals surface area contributed by atoms with Gasteiger partial charge in [0, 0.05) is 24.0 Å². The second-order valence-corrected chi connectivity index (χ2v) is 7.89. The molecule has 7 N–H and O–H groups in total. The first-order chi connectivity index (χ1) is 16.5. The Morgan fingerprint density at radius 2 is 1.86 bits per heavy atom. The minimum Gasteiger partial charge on any atom is -0.492 e. The van der Waals surface area contributed by atoms with E-state index in [9.17, 15) is 19.2 Å². The van der Waals surface area contributed by atoms with Crippen molar-refractivity contribution in [2.75, 3.05) is 6.61 Å². The summed E-state index contributed by atoms with van der Waals surface area (Å²) in [6.45, 7) is 1.92. The third kappa shape index (κ3) is 6.47. The summed E-state index contributed by atoms with van der Waals surface area (Å²) in [5, 5.41) is 20.2. The highest BCUT2D eigenvalue weighted by atomic mass is 16.5. The summed E-state index contributed by atoms with van der Waals surface area (Å²) in [4.78, 5) is 50.7. The van der Waals surface area contributed by atoms with Gasteiger partial charge in [-0.2, -0.15) is 0 Å². The average molecular weight is 484 g/mol. The van der Waals surface area contributed by atoms with E-state index in [1.54, 1.807) is 25.1 Å². The Hall–Kier alpha value is -4.61. The first kappa shape index (κ1) is 25.0. The number of aliphatic imine (C=N–C) groups is 1. The Balaban J connectivity index is 1.68. The molecule has 2 atom stereocenters. The van der Waals surface area contributed by atoms with E-state index in [4.69, 9.17) is 31.2 Å². The predicted octanol–water partition coefficient (Wildman–Crippen LogP) is 1.03. The largest absolute Gasteiger partial charge is 0.492 e. The van der Waals surface area contributed by atoms with E-state index in [1.165, 1.54) is 18.2 Å². The molecule has 184 valence electrons. The monoisotopic (exact) mass is 484 g/mol. The van der Waals surface area contributed by atoms with Crippen molar-refractivity contribution >= 4 is 35.5 Å². The van der Waals surface area contributed by atoms with Gasteiger partial charge in [0.1, 0.15) is 17.5 Å². The van der Waals surface area contributed by atoms with Crippen LogP contribution >= 0.6 is 0 Å². The van der Waals surface area contributed by atoms with Crippen LogP contribution in [0.15, 0.2) is 41.4 Å². The molecule has 35 heavy (non-hydrogen) atoms. The smallest absolute Gasteiger partial charge is 0.343 e. The number of ether oxygens (including phenoxy) is 2. The molecule has 0 bridgehead atoms. The lowest BCUT2D eigenvalue weighted by Crippen LogP contribution is -2.42. The number of amides is 1.